The minimum Gasteiger partial charge on any atom is -0.303 e. The van der Waals surface area contributed by atoms with E-state index >= 15 is 0 Å². The number of hydrogen-bond acceptors (Lipinski definition) is 2. The molecule has 1 aliphatic rings. The second-order valence-electron chi connectivity index (χ2n) is 6.33. The molecule has 0 aliphatic carbocycles. The van der Waals surface area contributed by atoms with Crippen molar-refractivity contribution in [1.82, 2.24) is 4.90 Å². The molecule has 1 aliphatic heterocycles. The molecular formula is C17H24N2. The van der Waals surface area contributed by atoms with Gasteiger partial charge in [0.25, 0.3) is 0 Å². The molecule has 2 heteroatoms. The van der Waals surface area contributed by atoms with Crippen LogP contribution in [0, 0.1) is 22.7 Å². The zero-order chi connectivity index (χ0) is 13.7. The monoisotopic (exact) mass is 256 g/mol. The lowest BCUT2D eigenvalue weighted by Gasteiger charge is -2.43. The van der Waals surface area contributed by atoms with Crippen LogP contribution in [0.2, 0.25) is 0 Å². The third kappa shape index (κ3) is 3.81. The summed E-state index contributed by atoms with van der Waals surface area (Å²) in [6.45, 7) is 7.98. The summed E-state index contributed by atoms with van der Waals surface area (Å²) in [5.41, 5.74) is 1.73. The summed E-state index contributed by atoms with van der Waals surface area (Å²) in [4.78, 5) is 2.53. The second-order valence-corrected chi connectivity index (χ2v) is 6.33. The molecule has 0 spiro atoms. The molecule has 0 saturated carbocycles. The Morgan fingerprint density at radius 1 is 1.32 bits per heavy atom. The van der Waals surface area contributed by atoms with E-state index in [2.05, 4.69) is 55.1 Å². The minimum atomic E-state index is 0.318. The van der Waals surface area contributed by atoms with E-state index in [-0.39, 0.29) is 0 Å². The normalized spacial score (nSPS) is 22.9. The van der Waals surface area contributed by atoms with Gasteiger partial charge in [-0.25, -0.2) is 0 Å². The standard InChI is InChI=1S/C17H24N2/c1-17(2)10-13-19(14-16(17)8-11-18)12-9-15-6-4-3-5-7-15/h3-7,16H,8-10,12-14H2,1-2H3. The molecule has 1 atom stereocenters. The van der Waals surface area contributed by atoms with Crippen molar-refractivity contribution in [1.29, 1.82) is 5.26 Å². The van der Waals surface area contributed by atoms with Gasteiger partial charge in [-0.3, -0.25) is 0 Å². The van der Waals surface area contributed by atoms with Gasteiger partial charge in [-0.15, -0.1) is 0 Å². The number of hydrogen-bond donors (Lipinski definition) is 0. The zero-order valence-corrected chi connectivity index (χ0v) is 12.1. The molecule has 1 aromatic rings. The van der Waals surface area contributed by atoms with E-state index in [1.165, 1.54) is 18.5 Å². The number of nitriles is 1. The molecule has 19 heavy (non-hydrogen) atoms. The van der Waals surface area contributed by atoms with Crippen LogP contribution in [0.15, 0.2) is 30.3 Å². The average molecular weight is 256 g/mol. The molecule has 0 radical (unpaired) electrons. The zero-order valence-electron chi connectivity index (χ0n) is 12.1. The molecule has 1 fully saturated rings. The van der Waals surface area contributed by atoms with E-state index in [4.69, 9.17) is 5.26 Å². The first-order valence-electron chi connectivity index (χ1n) is 7.25. The van der Waals surface area contributed by atoms with Crippen molar-refractivity contribution >= 4 is 0 Å². The van der Waals surface area contributed by atoms with Gasteiger partial charge in [0, 0.05) is 19.5 Å². The smallest absolute Gasteiger partial charge is 0.0625 e. The van der Waals surface area contributed by atoms with Crippen LogP contribution in [0.4, 0.5) is 0 Å². The highest BCUT2D eigenvalue weighted by molar-refractivity contribution is 5.14. The molecule has 1 aromatic carbocycles. The van der Waals surface area contributed by atoms with E-state index in [0.717, 1.165) is 19.5 Å². The maximum Gasteiger partial charge on any atom is 0.0625 e. The first kappa shape index (κ1) is 14.1. The Morgan fingerprint density at radius 2 is 2.05 bits per heavy atom. The quantitative estimate of drug-likeness (QED) is 0.824. The van der Waals surface area contributed by atoms with E-state index < -0.39 is 0 Å². The van der Waals surface area contributed by atoms with Crippen LogP contribution in [0.1, 0.15) is 32.3 Å². The van der Waals surface area contributed by atoms with E-state index in [0.29, 0.717) is 17.8 Å². The Hall–Kier alpha value is -1.33. The summed E-state index contributed by atoms with van der Waals surface area (Å²) >= 11 is 0. The number of nitrogens with zero attached hydrogens (tertiary/aromatic N) is 2. The minimum absolute atomic E-state index is 0.318. The summed E-state index contributed by atoms with van der Waals surface area (Å²) in [6.07, 6.45) is 3.00. The van der Waals surface area contributed by atoms with Gasteiger partial charge in [0.05, 0.1) is 6.07 Å². The van der Waals surface area contributed by atoms with Crippen LogP contribution in [0.3, 0.4) is 0 Å². The maximum absolute atomic E-state index is 8.98. The Morgan fingerprint density at radius 3 is 2.74 bits per heavy atom. The van der Waals surface area contributed by atoms with E-state index in [9.17, 15) is 0 Å². The van der Waals surface area contributed by atoms with Gasteiger partial charge in [0.2, 0.25) is 0 Å². The Bertz CT molecular complexity index is 430. The van der Waals surface area contributed by atoms with Gasteiger partial charge >= 0.3 is 0 Å². The summed E-state index contributed by atoms with van der Waals surface area (Å²) in [5.74, 6) is 0.516. The predicted molar refractivity (Wildman–Crippen MR) is 78.7 cm³/mol. The van der Waals surface area contributed by atoms with Crippen molar-refractivity contribution < 1.29 is 0 Å². The fourth-order valence-electron chi connectivity index (χ4n) is 2.89. The summed E-state index contributed by atoms with van der Waals surface area (Å²) < 4.78 is 0. The van der Waals surface area contributed by atoms with Crippen LogP contribution >= 0.6 is 0 Å². The van der Waals surface area contributed by atoms with E-state index in [1.54, 1.807) is 0 Å². The van der Waals surface area contributed by atoms with Crippen molar-refractivity contribution in [2.45, 2.75) is 33.1 Å². The number of likely N-dealkylation sites (tertiary alicyclic amines) is 1. The molecule has 0 aromatic heterocycles. The van der Waals surface area contributed by atoms with Crippen molar-refractivity contribution in [2.75, 3.05) is 19.6 Å². The Labute approximate surface area is 117 Å². The topological polar surface area (TPSA) is 27.0 Å². The molecule has 2 nitrogen and oxygen atoms in total. The van der Waals surface area contributed by atoms with Crippen molar-refractivity contribution in [3.63, 3.8) is 0 Å². The van der Waals surface area contributed by atoms with Gasteiger partial charge in [-0.1, -0.05) is 44.2 Å². The molecule has 0 bridgehead atoms. The first-order chi connectivity index (χ1) is 9.12. The largest absolute Gasteiger partial charge is 0.303 e. The summed E-state index contributed by atoms with van der Waals surface area (Å²) in [5, 5.41) is 8.98. The lowest BCUT2D eigenvalue weighted by molar-refractivity contribution is 0.0636. The molecular weight excluding hydrogens is 232 g/mol. The van der Waals surface area contributed by atoms with Crippen molar-refractivity contribution in [2.24, 2.45) is 11.3 Å². The molecule has 0 N–H and O–H groups in total. The molecule has 2 rings (SSSR count). The van der Waals surface area contributed by atoms with Crippen LogP contribution in [0.25, 0.3) is 0 Å². The van der Waals surface area contributed by atoms with Gasteiger partial charge in [-0.05, 0) is 36.3 Å². The SMILES string of the molecule is CC1(C)CCN(CCc2ccccc2)CC1CC#N. The second kappa shape index (κ2) is 6.21. The number of rotatable bonds is 4. The van der Waals surface area contributed by atoms with Crippen LogP contribution in [0.5, 0.6) is 0 Å². The first-order valence-corrected chi connectivity index (χ1v) is 7.25. The molecule has 102 valence electrons. The molecule has 0 amide bonds. The molecule has 1 heterocycles. The third-order valence-electron chi connectivity index (χ3n) is 4.55. The van der Waals surface area contributed by atoms with Crippen LogP contribution < -0.4 is 0 Å². The highest BCUT2D eigenvalue weighted by Crippen LogP contribution is 2.37. The molecule has 1 unspecified atom stereocenters. The lowest BCUT2D eigenvalue weighted by atomic mass is 9.72. The lowest BCUT2D eigenvalue weighted by Crippen LogP contribution is -2.45. The summed E-state index contributed by atoms with van der Waals surface area (Å²) in [6, 6.07) is 13.0. The van der Waals surface area contributed by atoms with Crippen LogP contribution in [-0.2, 0) is 6.42 Å². The van der Waals surface area contributed by atoms with Gasteiger partial charge in [0.1, 0.15) is 0 Å². The number of benzene rings is 1. The Kier molecular flexibility index (Phi) is 4.61. The number of piperidine rings is 1. The fraction of sp³-hybridized carbons (Fsp3) is 0.588. The highest BCUT2D eigenvalue weighted by Gasteiger charge is 2.34. The van der Waals surface area contributed by atoms with Gasteiger partial charge in [-0.2, -0.15) is 5.26 Å². The summed E-state index contributed by atoms with van der Waals surface area (Å²) in [7, 11) is 0. The van der Waals surface area contributed by atoms with Crippen molar-refractivity contribution in [3.8, 4) is 6.07 Å². The average Bonchev–Trinajstić information content (AvgIpc) is 2.41. The predicted octanol–water partition coefficient (Wildman–Crippen LogP) is 3.49. The van der Waals surface area contributed by atoms with E-state index in [1.807, 2.05) is 0 Å². The maximum atomic E-state index is 8.98. The fourth-order valence-corrected chi connectivity index (χ4v) is 2.89. The highest BCUT2D eigenvalue weighted by atomic mass is 15.1. The van der Waals surface area contributed by atoms with Crippen molar-refractivity contribution in [3.05, 3.63) is 35.9 Å². The van der Waals surface area contributed by atoms with Gasteiger partial charge < -0.3 is 4.90 Å². The Balaban J connectivity index is 1.87. The molecule has 1 saturated heterocycles. The third-order valence-corrected chi connectivity index (χ3v) is 4.55. The van der Waals surface area contributed by atoms with Crippen LogP contribution in [-0.4, -0.2) is 24.5 Å². The van der Waals surface area contributed by atoms with Gasteiger partial charge in [0.15, 0.2) is 0 Å².